The highest BCUT2D eigenvalue weighted by Gasteiger charge is 2.21. The predicted molar refractivity (Wildman–Crippen MR) is 65.4 cm³/mol. The molecule has 2 rings (SSSR count). The standard InChI is InChI=1S/C11H19N3S/c1-7-8(2)15-11(14-7)13-6-9-3-4-10(12)5-9/h9-10H,3-6,12H2,1-2H3,(H,13,14). The van der Waals surface area contributed by atoms with Gasteiger partial charge in [0.05, 0.1) is 5.69 Å². The third kappa shape index (κ3) is 2.69. The minimum Gasteiger partial charge on any atom is -0.361 e. The maximum atomic E-state index is 5.88. The normalized spacial score (nSPS) is 25.8. The van der Waals surface area contributed by atoms with Gasteiger partial charge >= 0.3 is 0 Å². The van der Waals surface area contributed by atoms with Crippen molar-refractivity contribution in [2.45, 2.75) is 39.2 Å². The first-order valence-corrected chi connectivity index (χ1v) is 6.40. The largest absolute Gasteiger partial charge is 0.361 e. The number of thiazole rings is 1. The summed E-state index contributed by atoms with van der Waals surface area (Å²) in [7, 11) is 0. The van der Waals surface area contributed by atoms with Gasteiger partial charge in [-0.1, -0.05) is 0 Å². The second kappa shape index (κ2) is 4.49. The summed E-state index contributed by atoms with van der Waals surface area (Å²) in [4.78, 5) is 5.77. The van der Waals surface area contributed by atoms with Crippen LogP contribution in [-0.2, 0) is 0 Å². The second-order valence-corrected chi connectivity index (χ2v) is 5.68. The van der Waals surface area contributed by atoms with Crippen molar-refractivity contribution < 1.29 is 0 Å². The molecule has 2 atom stereocenters. The lowest BCUT2D eigenvalue weighted by Crippen LogP contribution is -2.17. The van der Waals surface area contributed by atoms with Gasteiger partial charge in [0.25, 0.3) is 0 Å². The molecule has 0 saturated heterocycles. The minimum absolute atomic E-state index is 0.427. The zero-order valence-electron chi connectivity index (χ0n) is 9.42. The molecule has 0 aliphatic heterocycles. The maximum Gasteiger partial charge on any atom is 0.183 e. The van der Waals surface area contributed by atoms with Crippen LogP contribution in [-0.4, -0.2) is 17.6 Å². The summed E-state index contributed by atoms with van der Waals surface area (Å²) < 4.78 is 0. The lowest BCUT2D eigenvalue weighted by atomic mass is 10.1. The van der Waals surface area contributed by atoms with E-state index < -0.39 is 0 Å². The Morgan fingerprint density at radius 2 is 2.27 bits per heavy atom. The van der Waals surface area contributed by atoms with Gasteiger partial charge in [-0.25, -0.2) is 4.98 Å². The number of nitrogens with one attached hydrogen (secondary N) is 1. The van der Waals surface area contributed by atoms with Crippen LogP contribution < -0.4 is 11.1 Å². The number of hydrogen-bond acceptors (Lipinski definition) is 4. The first kappa shape index (κ1) is 10.9. The van der Waals surface area contributed by atoms with E-state index in [1.54, 1.807) is 11.3 Å². The number of hydrogen-bond donors (Lipinski definition) is 2. The molecule has 0 spiro atoms. The number of aromatic nitrogens is 1. The fourth-order valence-electron chi connectivity index (χ4n) is 2.08. The van der Waals surface area contributed by atoms with Gasteiger partial charge in [0.1, 0.15) is 0 Å². The zero-order chi connectivity index (χ0) is 10.8. The summed E-state index contributed by atoms with van der Waals surface area (Å²) in [6.07, 6.45) is 3.61. The highest BCUT2D eigenvalue weighted by molar-refractivity contribution is 7.15. The molecular weight excluding hydrogens is 206 g/mol. The van der Waals surface area contributed by atoms with E-state index in [0.717, 1.165) is 29.7 Å². The van der Waals surface area contributed by atoms with Gasteiger partial charge in [0.2, 0.25) is 0 Å². The van der Waals surface area contributed by atoms with Crippen LogP contribution in [0.25, 0.3) is 0 Å². The van der Waals surface area contributed by atoms with Crippen molar-refractivity contribution in [2.75, 3.05) is 11.9 Å². The Bertz CT molecular complexity index is 315. The van der Waals surface area contributed by atoms with Gasteiger partial charge in [0, 0.05) is 17.5 Å². The maximum absolute atomic E-state index is 5.88. The Labute approximate surface area is 95.1 Å². The van der Waals surface area contributed by atoms with Gasteiger partial charge in [-0.05, 0) is 39.0 Å². The van der Waals surface area contributed by atoms with Crippen LogP contribution >= 0.6 is 11.3 Å². The molecule has 0 radical (unpaired) electrons. The summed E-state index contributed by atoms with van der Waals surface area (Å²) in [5.74, 6) is 0.740. The molecule has 3 nitrogen and oxygen atoms in total. The topological polar surface area (TPSA) is 50.9 Å². The van der Waals surface area contributed by atoms with Crippen molar-refractivity contribution in [1.82, 2.24) is 4.98 Å². The first-order chi connectivity index (χ1) is 7.15. The Balaban J connectivity index is 1.83. The summed E-state index contributed by atoms with van der Waals surface area (Å²) in [6, 6.07) is 0.427. The highest BCUT2D eigenvalue weighted by atomic mass is 32.1. The molecule has 1 aromatic rings. The van der Waals surface area contributed by atoms with Gasteiger partial charge < -0.3 is 11.1 Å². The molecule has 4 heteroatoms. The monoisotopic (exact) mass is 225 g/mol. The summed E-state index contributed by atoms with van der Waals surface area (Å²) in [5.41, 5.74) is 7.03. The van der Waals surface area contributed by atoms with E-state index in [1.807, 2.05) is 0 Å². The molecule has 2 unspecified atom stereocenters. The van der Waals surface area contributed by atoms with Crippen LogP contribution in [0.3, 0.4) is 0 Å². The Morgan fingerprint density at radius 3 is 2.80 bits per heavy atom. The zero-order valence-corrected chi connectivity index (χ0v) is 10.2. The predicted octanol–water partition coefficient (Wildman–Crippen LogP) is 2.30. The van der Waals surface area contributed by atoms with Gasteiger partial charge in [0.15, 0.2) is 5.13 Å². The Morgan fingerprint density at radius 1 is 1.47 bits per heavy atom. The molecule has 1 aliphatic rings. The highest BCUT2D eigenvalue weighted by Crippen LogP contribution is 2.26. The summed E-state index contributed by atoms with van der Waals surface area (Å²) >= 11 is 1.75. The molecule has 84 valence electrons. The fraction of sp³-hybridized carbons (Fsp3) is 0.727. The number of rotatable bonds is 3. The smallest absolute Gasteiger partial charge is 0.183 e. The van der Waals surface area contributed by atoms with Gasteiger partial charge in [-0.3, -0.25) is 0 Å². The SMILES string of the molecule is Cc1nc(NCC2CCC(N)C2)sc1C. The summed E-state index contributed by atoms with van der Waals surface area (Å²) in [5, 5.41) is 4.48. The number of aryl methyl sites for hydroxylation is 2. The molecule has 1 aliphatic carbocycles. The van der Waals surface area contributed by atoms with Crippen LogP contribution in [0.5, 0.6) is 0 Å². The van der Waals surface area contributed by atoms with Crippen molar-refractivity contribution in [3.63, 3.8) is 0 Å². The van der Waals surface area contributed by atoms with Crippen LogP contribution in [0, 0.1) is 19.8 Å². The Kier molecular flexibility index (Phi) is 3.26. The fourth-order valence-corrected chi connectivity index (χ4v) is 2.90. The van der Waals surface area contributed by atoms with E-state index in [9.17, 15) is 0 Å². The molecule has 0 amide bonds. The van der Waals surface area contributed by atoms with Crippen LogP contribution in [0.15, 0.2) is 0 Å². The minimum atomic E-state index is 0.427. The first-order valence-electron chi connectivity index (χ1n) is 5.58. The Hall–Kier alpha value is -0.610. The van der Waals surface area contributed by atoms with Crippen LogP contribution in [0.4, 0.5) is 5.13 Å². The third-order valence-electron chi connectivity index (χ3n) is 3.15. The average Bonchev–Trinajstić information content (AvgIpc) is 2.72. The molecule has 1 fully saturated rings. The molecule has 0 bridgehead atoms. The second-order valence-electron chi connectivity index (χ2n) is 4.48. The molecule has 1 aromatic heterocycles. The van der Waals surface area contributed by atoms with E-state index in [1.165, 1.54) is 17.7 Å². The molecule has 15 heavy (non-hydrogen) atoms. The van der Waals surface area contributed by atoms with Crippen molar-refractivity contribution in [1.29, 1.82) is 0 Å². The van der Waals surface area contributed by atoms with E-state index in [0.29, 0.717) is 6.04 Å². The molecule has 0 aromatic carbocycles. The van der Waals surface area contributed by atoms with Crippen molar-refractivity contribution >= 4 is 16.5 Å². The van der Waals surface area contributed by atoms with E-state index >= 15 is 0 Å². The average molecular weight is 225 g/mol. The van der Waals surface area contributed by atoms with Gasteiger partial charge in [-0.15, -0.1) is 11.3 Å². The lowest BCUT2D eigenvalue weighted by Gasteiger charge is -2.09. The lowest BCUT2D eigenvalue weighted by molar-refractivity contribution is 0.565. The number of nitrogens with two attached hydrogens (primary N) is 1. The van der Waals surface area contributed by atoms with Crippen molar-refractivity contribution in [3.8, 4) is 0 Å². The molecule has 1 heterocycles. The van der Waals surface area contributed by atoms with E-state index in [2.05, 4.69) is 24.1 Å². The van der Waals surface area contributed by atoms with Crippen molar-refractivity contribution in [3.05, 3.63) is 10.6 Å². The molecule has 1 saturated carbocycles. The number of nitrogens with zero attached hydrogens (tertiary/aromatic N) is 1. The van der Waals surface area contributed by atoms with Crippen LogP contribution in [0.2, 0.25) is 0 Å². The molecular formula is C11H19N3S. The quantitative estimate of drug-likeness (QED) is 0.830. The van der Waals surface area contributed by atoms with E-state index in [-0.39, 0.29) is 0 Å². The molecule has 3 N–H and O–H groups in total. The third-order valence-corrected chi connectivity index (χ3v) is 4.18. The number of anilines is 1. The van der Waals surface area contributed by atoms with Crippen molar-refractivity contribution in [2.24, 2.45) is 11.7 Å². The van der Waals surface area contributed by atoms with E-state index in [4.69, 9.17) is 5.73 Å². The summed E-state index contributed by atoms with van der Waals surface area (Å²) in [6.45, 7) is 5.20. The van der Waals surface area contributed by atoms with Gasteiger partial charge in [-0.2, -0.15) is 0 Å². The van der Waals surface area contributed by atoms with Crippen LogP contribution in [0.1, 0.15) is 29.8 Å².